The van der Waals surface area contributed by atoms with Gasteiger partial charge in [-0.1, -0.05) is 84.9 Å². The van der Waals surface area contributed by atoms with E-state index >= 15 is 0 Å². The molecule has 2 aliphatic heterocycles. The van der Waals surface area contributed by atoms with Crippen LogP contribution in [-0.2, 0) is 0 Å². The molecule has 12 nitrogen and oxygen atoms in total. The molecule has 2 aliphatic rings. The molecule has 0 fully saturated rings. The number of aromatic nitrogens is 8. The summed E-state index contributed by atoms with van der Waals surface area (Å²) in [7, 11) is 8.02. The number of hydrogen-bond acceptors (Lipinski definition) is 10. The van der Waals surface area contributed by atoms with Gasteiger partial charge in [0.2, 0.25) is 0 Å². The largest absolute Gasteiger partial charge is 0.456 e. The second-order valence-electron chi connectivity index (χ2n) is 15.0. The monoisotopic (exact) mass is 784 g/mol. The molecule has 5 heterocycles. The minimum absolute atomic E-state index is 0.500. The molecule has 0 amide bonds. The van der Waals surface area contributed by atoms with Gasteiger partial charge in [0.25, 0.3) is 0 Å². The van der Waals surface area contributed by atoms with Crippen molar-refractivity contribution in [2.75, 3.05) is 38.0 Å². The number of anilines is 2. The van der Waals surface area contributed by atoms with E-state index in [4.69, 9.17) is 39.4 Å². The molecule has 2 N–H and O–H groups in total. The molecule has 0 saturated carbocycles. The molecular weight excluding hydrogens is 749 g/mol. The highest BCUT2D eigenvalue weighted by atomic mass is 16.5. The minimum Gasteiger partial charge on any atom is -0.456 e. The Kier molecular flexibility index (Phi) is 8.05. The van der Waals surface area contributed by atoms with Crippen molar-refractivity contribution in [1.82, 2.24) is 39.9 Å². The molecule has 0 aliphatic carbocycles. The smallest absolute Gasteiger partial charge is 0.164 e. The summed E-state index contributed by atoms with van der Waals surface area (Å²) in [5.41, 5.74) is 7.64. The van der Waals surface area contributed by atoms with Crippen LogP contribution in [0.5, 0.6) is 23.0 Å². The standard InChI is InChI=1S/C48H36N10O2/c1-57(2)27-13-9-15-29(25-27)59-37-23-11-21-35-39(37)48-54-45(35)52-43-32-18-6-5-17-31(32)41(50-43)49-42-33-19-7-8-20-34(33)44(51-42)53-47-40-36(46(55-47)56-48)22-12-24-38(40)60-30-16-10-14-28(26-30)58(3)4/h5-26H,1-4H3,(H2,49,50,51,52,53,54,55,56). The van der Waals surface area contributed by atoms with E-state index in [2.05, 4.69) is 9.97 Å². The van der Waals surface area contributed by atoms with Gasteiger partial charge in [0, 0.05) is 84.7 Å². The molecule has 8 bridgehead atoms. The second-order valence-corrected chi connectivity index (χ2v) is 15.0. The molecule has 60 heavy (non-hydrogen) atoms. The van der Waals surface area contributed by atoms with E-state index in [9.17, 15) is 0 Å². The van der Waals surface area contributed by atoms with Gasteiger partial charge in [-0.3, -0.25) is 0 Å². The first-order valence-corrected chi connectivity index (χ1v) is 19.5. The van der Waals surface area contributed by atoms with Crippen molar-refractivity contribution in [3.63, 3.8) is 0 Å². The van der Waals surface area contributed by atoms with Gasteiger partial charge in [0.05, 0.1) is 10.8 Å². The SMILES string of the molecule is CN(C)c1cccc(Oc2cccc3c4nc5[nH]c(nc6nc(nc7nc(nc([nH]4)c23)-c2ccccc2-7)-c2ccccc2-6)c2cccc(Oc3cccc(N(C)C)c3)c52)c1. The molecule has 0 unspecified atom stereocenters. The van der Waals surface area contributed by atoms with Crippen LogP contribution in [0, 0.1) is 0 Å². The van der Waals surface area contributed by atoms with E-state index < -0.39 is 0 Å². The van der Waals surface area contributed by atoms with Gasteiger partial charge in [-0.05, 0) is 36.4 Å². The summed E-state index contributed by atoms with van der Waals surface area (Å²) in [4.78, 5) is 42.2. The van der Waals surface area contributed by atoms with Crippen LogP contribution in [0.25, 0.3) is 89.7 Å². The van der Waals surface area contributed by atoms with E-state index in [1.165, 1.54) is 0 Å². The van der Waals surface area contributed by atoms with Crippen LogP contribution in [0.1, 0.15) is 0 Å². The number of benzene rings is 6. The normalized spacial score (nSPS) is 11.7. The lowest BCUT2D eigenvalue weighted by Gasteiger charge is -2.14. The van der Waals surface area contributed by atoms with Crippen LogP contribution in [-0.4, -0.2) is 68.1 Å². The molecule has 9 aromatic rings. The van der Waals surface area contributed by atoms with Gasteiger partial charge in [0.1, 0.15) is 45.6 Å². The van der Waals surface area contributed by atoms with Crippen LogP contribution < -0.4 is 19.3 Å². The summed E-state index contributed by atoms with van der Waals surface area (Å²) < 4.78 is 13.4. The Bertz CT molecular complexity index is 3370. The topological polar surface area (TPSA) is 134 Å². The Labute approximate surface area is 343 Å². The summed E-state index contributed by atoms with van der Waals surface area (Å²) >= 11 is 0. The van der Waals surface area contributed by atoms with Crippen molar-refractivity contribution in [2.45, 2.75) is 0 Å². The highest BCUT2D eigenvalue weighted by molar-refractivity contribution is 6.11. The summed E-state index contributed by atoms with van der Waals surface area (Å²) in [6.45, 7) is 0. The Morgan fingerprint density at radius 3 is 1.22 bits per heavy atom. The van der Waals surface area contributed by atoms with Gasteiger partial charge < -0.3 is 29.2 Å². The van der Waals surface area contributed by atoms with Crippen molar-refractivity contribution in [1.29, 1.82) is 0 Å². The maximum Gasteiger partial charge on any atom is 0.164 e. The highest BCUT2D eigenvalue weighted by Crippen LogP contribution is 2.41. The lowest BCUT2D eigenvalue weighted by atomic mass is 10.1. The van der Waals surface area contributed by atoms with E-state index in [1.54, 1.807) is 0 Å². The minimum atomic E-state index is 0.500. The number of H-pyrrole nitrogens is 2. The summed E-state index contributed by atoms with van der Waals surface area (Å²) in [6.07, 6.45) is 0. The van der Waals surface area contributed by atoms with Gasteiger partial charge >= 0.3 is 0 Å². The molecular formula is C48H36N10O2. The van der Waals surface area contributed by atoms with Gasteiger partial charge in [-0.15, -0.1) is 0 Å². The number of ether oxygens (including phenoxy) is 2. The number of fused-ring (bicyclic) bond motifs is 20. The number of nitrogens with one attached hydrogen (secondary N) is 2. The predicted molar refractivity (Wildman–Crippen MR) is 238 cm³/mol. The maximum atomic E-state index is 6.68. The van der Waals surface area contributed by atoms with Gasteiger partial charge in [-0.25, -0.2) is 29.9 Å². The van der Waals surface area contributed by atoms with Gasteiger partial charge in [0.15, 0.2) is 23.3 Å². The third-order valence-corrected chi connectivity index (χ3v) is 10.7. The Hall–Kier alpha value is -8.12. The lowest BCUT2D eigenvalue weighted by molar-refractivity contribution is 0.488. The molecule has 290 valence electrons. The average molecular weight is 785 g/mol. The predicted octanol–water partition coefficient (Wildman–Crippen LogP) is 10.6. The Morgan fingerprint density at radius 1 is 0.383 bits per heavy atom. The van der Waals surface area contributed by atoms with Crippen LogP contribution in [0.2, 0.25) is 0 Å². The molecule has 0 radical (unpaired) electrons. The molecule has 0 atom stereocenters. The van der Waals surface area contributed by atoms with Crippen molar-refractivity contribution in [3.05, 3.63) is 133 Å². The molecule has 6 aromatic carbocycles. The summed E-state index contributed by atoms with van der Waals surface area (Å²) in [5, 5.41) is 3.10. The second kappa shape index (κ2) is 13.8. The van der Waals surface area contributed by atoms with E-state index in [0.717, 1.165) is 55.2 Å². The molecule has 12 heteroatoms. The van der Waals surface area contributed by atoms with E-state index in [-0.39, 0.29) is 0 Å². The fraction of sp³-hybridized carbons (Fsp3) is 0.0833. The van der Waals surface area contributed by atoms with E-state index in [0.29, 0.717) is 68.9 Å². The van der Waals surface area contributed by atoms with Crippen molar-refractivity contribution >= 4 is 55.5 Å². The Morgan fingerprint density at radius 2 is 0.767 bits per heavy atom. The van der Waals surface area contributed by atoms with Crippen molar-refractivity contribution in [2.24, 2.45) is 0 Å². The summed E-state index contributed by atoms with van der Waals surface area (Å²) in [5.74, 6) is 4.63. The first kappa shape index (κ1) is 35.1. The quantitative estimate of drug-likeness (QED) is 0.168. The van der Waals surface area contributed by atoms with Crippen molar-refractivity contribution in [3.8, 4) is 68.5 Å². The van der Waals surface area contributed by atoms with Crippen LogP contribution >= 0.6 is 0 Å². The maximum absolute atomic E-state index is 6.68. The molecule has 11 rings (SSSR count). The summed E-state index contributed by atoms with van der Waals surface area (Å²) in [6, 6.07) is 43.7. The fourth-order valence-electron chi connectivity index (χ4n) is 7.80. The van der Waals surface area contributed by atoms with E-state index in [1.807, 2.05) is 171 Å². The zero-order valence-corrected chi connectivity index (χ0v) is 33.1. The number of aromatic amines is 2. The molecule has 3 aromatic heterocycles. The number of hydrogen-bond donors (Lipinski definition) is 2. The fourth-order valence-corrected chi connectivity index (χ4v) is 7.80. The number of nitrogens with zero attached hydrogens (tertiary/aromatic N) is 8. The average Bonchev–Trinajstić information content (AvgIpc) is 4.00. The Balaban J connectivity index is 1.25. The van der Waals surface area contributed by atoms with Crippen LogP contribution in [0.3, 0.4) is 0 Å². The highest BCUT2D eigenvalue weighted by Gasteiger charge is 2.24. The third kappa shape index (κ3) is 5.92. The van der Waals surface area contributed by atoms with Gasteiger partial charge in [-0.2, -0.15) is 0 Å². The third-order valence-electron chi connectivity index (χ3n) is 10.7. The molecule has 0 saturated heterocycles. The zero-order chi connectivity index (χ0) is 40.5. The van der Waals surface area contributed by atoms with Crippen LogP contribution in [0.15, 0.2) is 133 Å². The zero-order valence-electron chi connectivity index (χ0n) is 33.1. The van der Waals surface area contributed by atoms with Crippen LogP contribution in [0.4, 0.5) is 11.4 Å². The first-order valence-electron chi connectivity index (χ1n) is 19.5. The van der Waals surface area contributed by atoms with Crippen molar-refractivity contribution < 1.29 is 9.47 Å². The number of rotatable bonds is 6. The molecule has 0 spiro atoms. The first-order chi connectivity index (χ1) is 29.3. The lowest BCUT2D eigenvalue weighted by Crippen LogP contribution is -2.08.